The molecule has 0 atom stereocenters. The fourth-order valence-electron chi connectivity index (χ4n) is 3.62. The Bertz CT molecular complexity index is 1300. The Morgan fingerprint density at radius 2 is 1.81 bits per heavy atom. The highest BCUT2D eigenvalue weighted by molar-refractivity contribution is 7.89. The molecule has 2 aliphatic rings. The summed E-state index contributed by atoms with van der Waals surface area (Å²) in [5.74, 6) is -0.194. The van der Waals surface area contributed by atoms with E-state index in [0.29, 0.717) is 36.0 Å². The molecule has 2 aliphatic heterocycles. The first-order valence-corrected chi connectivity index (χ1v) is 12.9. The highest BCUT2D eigenvalue weighted by atomic mass is 32.2. The van der Waals surface area contributed by atoms with Crippen LogP contribution in [0.25, 0.3) is 0 Å². The number of esters is 1. The maximum atomic E-state index is 13.0. The van der Waals surface area contributed by atoms with Crippen molar-refractivity contribution in [2.75, 3.05) is 51.6 Å². The number of fused-ring (bicyclic) bond motifs is 1. The van der Waals surface area contributed by atoms with E-state index in [9.17, 15) is 18.0 Å². The van der Waals surface area contributed by atoms with Gasteiger partial charge < -0.3 is 29.1 Å². The van der Waals surface area contributed by atoms with E-state index in [1.54, 1.807) is 44.2 Å². The molecule has 37 heavy (non-hydrogen) atoms. The summed E-state index contributed by atoms with van der Waals surface area (Å²) < 4.78 is 48.1. The predicted octanol–water partition coefficient (Wildman–Crippen LogP) is 1.67. The Morgan fingerprint density at radius 3 is 2.59 bits per heavy atom. The van der Waals surface area contributed by atoms with Crippen molar-refractivity contribution >= 4 is 33.3 Å². The lowest BCUT2D eigenvalue weighted by atomic mass is 10.1. The van der Waals surface area contributed by atoms with Gasteiger partial charge in [0, 0.05) is 24.3 Å². The molecule has 1 fully saturated rings. The van der Waals surface area contributed by atoms with E-state index in [1.807, 2.05) is 0 Å². The summed E-state index contributed by atoms with van der Waals surface area (Å²) in [7, 11) is -3.74. The third-order valence-corrected chi connectivity index (χ3v) is 7.64. The van der Waals surface area contributed by atoms with E-state index in [-0.39, 0.29) is 30.5 Å². The van der Waals surface area contributed by atoms with Gasteiger partial charge in [0.1, 0.15) is 0 Å². The van der Waals surface area contributed by atoms with Crippen molar-refractivity contribution in [2.45, 2.75) is 18.7 Å². The number of nitrogens with zero attached hydrogens (tertiary/aromatic N) is 2. The zero-order valence-corrected chi connectivity index (χ0v) is 21.2. The number of benzene rings is 2. The lowest BCUT2D eigenvalue weighted by Gasteiger charge is -2.26. The molecule has 198 valence electrons. The number of hydrogen-bond acceptors (Lipinski definition) is 10. The number of ether oxygens (including phenoxy) is 4. The second-order valence-corrected chi connectivity index (χ2v) is 10.1. The van der Waals surface area contributed by atoms with Gasteiger partial charge in [-0.1, -0.05) is 11.2 Å². The average molecular weight is 534 g/mol. The van der Waals surface area contributed by atoms with Crippen molar-refractivity contribution < 1.29 is 41.8 Å². The second kappa shape index (κ2) is 11.6. The minimum atomic E-state index is -3.74. The van der Waals surface area contributed by atoms with E-state index in [0.717, 1.165) is 5.56 Å². The quantitative estimate of drug-likeness (QED) is 0.289. The van der Waals surface area contributed by atoms with Crippen molar-refractivity contribution in [3.63, 3.8) is 0 Å². The van der Waals surface area contributed by atoms with Crippen LogP contribution < -0.4 is 14.8 Å². The number of sulfonamides is 1. The molecule has 4 rings (SSSR count). The van der Waals surface area contributed by atoms with Gasteiger partial charge in [-0.2, -0.15) is 4.31 Å². The van der Waals surface area contributed by atoms with Gasteiger partial charge in [0.05, 0.1) is 23.8 Å². The van der Waals surface area contributed by atoms with Crippen LogP contribution in [0.4, 0.5) is 5.69 Å². The first-order chi connectivity index (χ1) is 17.7. The van der Waals surface area contributed by atoms with Crippen LogP contribution in [0.3, 0.4) is 0 Å². The van der Waals surface area contributed by atoms with Crippen molar-refractivity contribution in [3.8, 4) is 11.5 Å². The molecular weight excluding hydrogens is 506 g/mol. The number of amides is 1. The zero-order chi connectivity index (χ0) is 26.4. The fraction of sp³-hybridized carbons (Fsp3) is 0.375. The van der Waals surface area contributed by atoms with E-state index in [1.165, 1.54) is 10.4 Å². The molecule has 1 amide bonds. The van der Waals surface area contributed by atoms with E-state index < -0.39 is 35.1 Å². The van der Waals surface area contributed by atoms with Crippen molar-refractivity contribution in [1.29, 1.82) is 0 Å². The second-order valence-electron chi connectivity index (χ2n) is 8.22. The number of anilines is 1. The van der Waals surface area contributed by atoms with Crippen molar-refractivity contribution in [1.82, 2.24) is 4.31 Å². The minimum absolute atomic E-state index is 0.0910. The summed E-state index contributed by atoms with van der Waals surface area (Å²) in [5, 5.41) is 6.43. The van der Waals surface area contributed by atoms with Gasteiger partial charge >= 0.3 is 5.97 Å². The number of nitrogens with one attached hydrogen (secondary N) is 1. The van der Waals surface area contributed by atoms with Crippen LogP contribution in [0.15, 0.2) is 46.4 Å². The van der Waals surface area contributed by atoms with Gasteiger partial charge in [0.2, 0.25) is 23.4 Å². The number of carbonyl (C=O) groups is 2. The number of morpholine rings is 1. The number of rotatable bonds is 9. The molecule has 0 aromatic heterocycles. The van der Waals surface area contributed by atoms with E-state index in [2.05, 4.69) is 10.5 Å². The Morgan fingerprint density at radius 1 is 1.05 bits per heavy atom. The van der Waals surface area contributed by atoms with Crippen LogP contribution in [0.2, 0.25) is 0 Å². The van der Waals surface area contributed by atoms with Crippen LogP contribution in [0.5, 0.6) is 11.5 Å². The molecule has 0 bridgehead atoms. The largest absolute Gasteiger partial charge is 0.454 e. The highest BCUT2D eigenvalue weighted by Gasteiger charge is 2.28. The lowest BCUT2D eigenvalue weighted by Crippen LogP contribution is -2.40. The zero-order valence-electron chi connectivity index (χ0n) is 20.4. The standard InChI is InChI=1S/C24H27N3O9S/c1-16-3-5-19(12-22(16)37(30,31)27-7-9-32-10-8-27)25-23(28)13-33-24(29)14-36-26-17(2)18-4-6-20-21(11-18)35-15-34-20/h3-6,11-12H,7-10,13-15H2,1-2H3,(H,25,28)/b26-17+. The number of carbonyl (C=O) groups excluding carboxylic acids is 2. The Balaban J connectivity index is 1.26. The number of aryl methyl sites for hydroxylation is 1. The summed E-state index contributed by atoms with van der Waals surface area (Å²) in [6.45, 7) is 3.63. The number of oxime groups is 1. The molecule has 2 aromatic carbocycles. The molecule has 0 spiro atoms. The Kier molecular flexibility index (Phi) is 8.26. The molecule has 2 aromatic rings. The maximum Gasteiger partial charge on any atom is 0.347 e. The molecule has 1 N–H and O–H groups in total. The summed E-state index contributed by atoms with van der Waals surface area (Å²) in [4.78, 5) is 29.3. The molecule has 0 saturated carbocycles. The normalized spacial score (nSPS) is 15.8. The molecule has 1 saturated heterocycles. The van der Waals surface area contributed by atoms with Gasteiger partial charge in [-0.25, -0.2) is 13.2 Å². The van der Waals surface area contributed by atoms with Crippen LogP contribution >= 0.6 is 0 Å². The van der Waals surface area contributed by atoms with Gasteiger partial charge in [0.15, 0.2) is 18.1 Å². The molecule has 12 nitrogen and oxygen atoms in total. The Hall–Kier alpha value is -3.68. The summed E-state index contributed by atoms with van der Waals surface area (Å²) in [6.07, 6.45) is 0. The first-order valence-electron chi connectivity index (χ1n) is 11.4. The van der Waals surface area contributed by atoms with Gasteiger partial charge in [0.25, 0.3) is 5.91 Å². The van der Waals surface area contributed by atoms with Crippen molar-refractivity contribution in [2.24, 2.45) is 5.16 Å². The highest BCUT2D eigenvalue weighted by Crippen LogP contribution is 2.32. The molecule has 0 aliphatic carbocycles. The van der Waals surface area contributed by atoms with Gasteiger partial charge in [-0.15, -0.1) is 0 Å². The maximum absolute atomic E-state index is 13.0. The minimum Gasteiger partial charge on any atom is -0.454 e. The van der Waals surface area contributed by atoms with Crippen LogP contribution in [0, 0.1) is 6.92 Å². The third-order valence-electron chi connectivity index (χ3n) is 5.60. The van der Waals surface area contributed by atoms with E-state index in [4.69, 9.17) is 23.8 Å². The monoisotopic (exact) mass is 533 g/mol. The summed E-state index contributed by atoms with van der Waals surface area (Å²) in [6, 6.07) is 9.83. The Labute approximate surface area is 214 Å². The summed E-state index contributed by atoms with van der Waals surface area (Å²) in [5.41, 5.74) is 2.04. The van der Waals surface area contributed by atoms with Gasteiger partial charge in [-0.05, 0) is 49.7 Å². The van der Waals surface area contributed by atoms with Crippen LogP contribution in [-0.2, 0) is 33.9 Å². The SMILES string of the molecule is C/C(=N\OCC(=O)OCC(=O)Nc1ccc(C)c(S(=O)(=O)N2CCOCC2)c1)c1ccc2c(c1)OCO2. The van der Waals surface area contributed by atoms with Gasteiger partial charge in [-0.3, -0.25) is 4.79 Å². The molecule has 0 radical (unpaired) electrons. The van der Waals surface area contributed by atoms with E-state index >= 15 is 0 Å². The fourth-order valence-corrected chi connectivity index (χ4v) is 5.28. The molecule has 13 heteroatoms. The lowest BCUT2D eigenvalue weighted by molar-refractivity contribution is -0.151. The topological polar surface area (TPSA) is 142 Å². The molecular formula is C24H27N3O9S. The van der Waals surface area contributed by atoms with Crippen LogP contribution in [0.1, 0.15) is 18.1 Å². The predicted molar refractivity (Wildman–Crippen MR) is 131 cm³/mol. The molecule has 0 unspecified atom stereocenters. The van der Waals surface area contributed by atoms with Crippen molar-refractivity contribution in [3.05, 3.63) is 47.5 Å². The van der Waals surface area contributed by atoms with Crippen LogP contribution in [-0.4, -0.2) is 76.6 Å². The summed E-state index contributed by atoms with van der Waals surface area (Å²) >= 11 is 0. The first kappa shape index (κ1) is 26.4. The number of hydrogen-bond donors (Lipinski definition) is 1. The average Bonchev–Trinajstić information content (AvgIpc) is 3.37. The molecule has 2 heterocycles. The smallest absolute Gasteiger partial charge is 0.347 e. The third kappa shape index (κ3) is 6.56.